The van der Waals surface area contributed by atoms with E-state index in [1.54, 1.807) is 25.3 Å². The van der Waals surface area contributed by atoms with Crippen LogP contribution in [0.2, 0.25) is 5.02 Å². The Bertz CT molecular complexity index is 560. The normalized spacial score (nSPS) is 16.9. The minimum absolute atomic E-state index is 0.135. The van der Waals surface area contributed by atoms with Crippen molar-refractivity contribution in [3.8, 4) is 5.75 Å². The SMILES string of the molecule is COC1(C(=O)Nc2ccc(OCCN(C)C)c(Cl)c2)CCNCC1. The average Bonchev–Trinajstić information content (AvgIpc) is 2.57. The summed E-state index contributed by atoms with van der Waals surface area (Å²) in [4.78, 5) is 14.7. The fraction of sp³-hybridized carbons (Fsp3) is 0.588. The summed E-state index contributed by atoms with van der Waals surface area (Å²) in [6, 6.07) is 5.27. The number of anilines is 1. The first-order valence-corrected chi connectivity index (χ1v) is 8.49. The Balaban J connectivity index is 1.99. The van der Waals surface area contributed by atoms with Crippen molar-refractivity contribution in [2.75, 3.05) is 52.8 Å². The fourth-order valence-corrected chi connectivity index (χ4v) is 2.87. The first-order valence-electron chi connectivity index (χ1n) is 8.11. The van der Waals surface area contributed by atoms with Gasteiger partial charge in [-0.2, -0.15) is 0 Å². The number of ether oxygens (including phenoxy) is 2. The van der Waals surface area contributed by atoms with E-state index in [4.69, 9.17) is 21.1 Å². The third-order valence-corrected chi connectivity index (χ3v) is 4.50. The van der Waals surface area contributed by atoms with Gasteiger partial charge in [-0.3, -0.25) is 4.79 Å². The molecule has 0 aromatic heterocycles. The Labute approximate surface area is 148 Å². The highest BCUT2D eigenvalue weighted by atomic mass is 35.5. The van der Waals surface area contributed by atoms with Crippen molar-refractivity contribution in [2.45, 2.75) is 18.4 Å². The highest BCUT2D eigenvalue weighted by Gasteiger charge is 2.39. The van der Waals surface area contributed by atoms with Gasteiger partial charge in [0.05, 0.1) is 5.02 Å². The lowest BCUT2D eigenvalue weighted by atomic mass is 9.91. The van der Waals surface area contributed by atoms with Gasteiger partial charge in [0.15, 0.2) is 0 Å². The third-order valence-electron chi connectivity index (χ3n) is 4.20. The maximum absolute atomic E-state index is 12.6. The molecule has 0 radical (unpaired) electrons. The van der Waals surface area contributed by atoms with Crippen molar-refractivity contribution < 1.29 is 14.3 Å². The molecular formula is C17H26ClN3O3. The van der Waals surface area contributed by atoms with Crippen LogP contribution in [-0.4, -0.2) is 63.9 Å². The molecular weight excluding hydrogens is 330 g/mol. The van der Waals surface area contributed by atoms with E-state index < -0.39 is 5.60 Å². The van der Waals surface area contributed by atoms with Gasteiger partial charge in [0.2, 0.25) is 0 Å². The molecule has 24 heavy (non-hydrogen) atoms. The molecule has 2 N–H and O–H groups in total. The third kappa shape index (κ3) is 4.83. The summed E-state index contributed by atoms with van der Waals surface area (Å²) in [6.07, 6.45) is 1.30. The lowest BCUT2D eigenvalue weighted by molar-refractivity contribution is -0.140. The van der Waals surface area contributed by atoms with Crippen LogP contribution in [0.5, 0.6) is 5.75 Å². The van der Waals surface area contributed by atoms with E-state index in [1.165, 1.54) is 0 Å². The van der Waals surface area contributed by atoms with Gasteiger partial charge in [0, 0.05) is 19.3 Å². The van der Waals surface area contributed by atoms with Gasteiger partial charge in [-0.05, 0) is 58.2 Å². The molecule has 0 atom stereocenters. The number of carbonyl (C=O) groups is 1. The number of nitrogens with one attached hydrogen (secondary N) is 2. The van der Waals surface area contributed by atoms with E-state index in [-0.39, 0.29) is 5.91 Å². The number of carbonyl (C=O) groups excluding carboxylic acids is 1. The van der Waals surface area contributed by atoms with E-state index >= 15 is 0 Å². The highest BCUT2D eigenvalue weighted by Crippen LogP contribution is 2.29. The van der Waals surface area contributed by atoms with Gasteiger partial charge in [0.1, 0.15) is 18.0 Å². The van der Waals surface area contributed by atoms with Crippen molar-refractivity contribution in [1.82, 2.24) is 10.2 Å². The van der Waals surface area contributed by atoms with E-state index in [0.717, 1.165) is 19.6 Å². The van der Waals surface area contributed by atoms with Crippen LogP contribution < -0.4 is 15.4 Å². The molecule has 1 heterocycles. The molecule has 1 aliphatic heterocycles. The molecule has 1 amide bonds. The number of hydrogen-bond acceptors (Lipinski definition) is 5. The number of nitrogens with zero attached hydrogens (tertiary/aromatic N) is 1. The largest absolute Gasteiger partial charge is 0.491 e. The van der Waals surface area contributed by atoms with E-state index in [9.17, 15) is 4.79 Å². The monoisotopic (exact) mass is 355 g/mol. The molecule has 1 aromatic rings. The number of likely N-dealkylation sites (N-methyl/N-ethyl adjacent to an activating group) is 1. The number of benzene rings is 1. The number of rotatable bonds is 7. The van der Waals surface area contributed by atoms with Crippen molar-refractivity contribution in [2.24, 2.45) is 0 Å². The molecule has 2 rings (SSSR count). The zero-order valence-corrected chi connectivity index (χ0v) is 15.3. The van der Waals surface area contributed by atoms with Crippen LogP contribution in [0.1, 0.15) is 12.8 Å². The molecule has 0 aliphatic carbocycles. The summed E-state index contributed by atoms with van der Waals surface area (Å²) < 4.78 is 11.2. The van der Waals surface area contributed by atoms with Gasteiger partial charge in [0.25, 0.3) is 5.91 Å². The van der Waals surface area contributed by atoms with Crippen LogP contribution in [0.25, 0.3) is 0 Å². The minimum Gasteiger partial charge on any atom is -0.491 e. The molecule has 1 saturated heterocycles. The topological polar surface area (TPSA) is 62.8 Å². The van der Waals surface area contributed by atoms with Crippen LogP contribution in [-0.2, 0) is 9.53 Å². The second kappa shape index (κ2) is 8.67. The molecule has 0 spiro atoms. The van der Waals surface area contributed by atoms with Crippen LogP contribution in [0.15, 0.2) is 18.2 Å². The van der Waals surface area contributed by atoms with E-state index in [0.29, 0.717) is 35.9 Å². The summed E-state index contributed by atoms with van der Waals surface area (Å²) in [6.45, 7) is 2.89. The molecule has 7 heteroatoms. The van der Waals surface area contributed by atoms with Crippen LogP contribution in [0, 0.1) is 0 Å². The molecule has 1 aliphatic rings. The lowest BCUT2D eigenvalue weighted by Crippen LogP contribution is -2.51. The predicted octanol–water partition coefficient (Wildman–Crippen LogP) is 1.99. The van der Waals surface area contributed by atoms with Crippen LogP contribution in [0.4, 0.5) is 5.69 Å². The minimum atomic E-state index is -0.779. The van der Waals surface area contributed by atoms with Gasteiger partial charge < -0.3 is 25.0 Å². The van der Waals surface area contributed by atoms with Gasteiger partial charge >= 0.3 is 0 Å². The number of halogens is 1. The quantitative estimate of drug-likeness (QED) is 0.783. The van der Waals surface area contributed by atoms with E-state index in [2.05, 4.69) is 10.6 Å². The Morgan fingerprint density at radius 3 is 2.67 bits per heavy atom. The van der Waals surface area contributed by atoms with Gasteiger partial charge in [-0.25, -0.2) is 0 Å². The smallest absolute Gasteiger partial charge is 0.256 e. The zero-order chi connectivity index (χ0) is 17.6. The lowest BCUT2D eigenvalue weighted by Gasteiger charge is -2.34. The average molecular weight is 356 g/mol. The maximum Gasteiger partial charge on any atom is 0.256 e. The molecule has 1 aromatic carbocycles. The molecule has 0 saturated carbocycles. The van der Waals surface area contributed by atoms with Crippen molar-refractivity contribution in [1.29, 1.82) is 0 Å². The second-order valence-electron chi connectivity index (χ2n) is 6.20. The summed E-state index contributed by atoms with van der Waals surface area (Å²) in [5.41, 5.74) is -0.140. The number of piperidine rings is 1. The molecule has 0 bridgehead atoms. The summed E-state index contributed by atoms with van der Waals surface area (Å²) in [5, 5.41) is 6.62. The first-order chi connectivity index (χ1) is 11.5. The summed E-state index contributed by atoms with van der Waals surface area (Å²) in [5.74, 6) is 0.476. The molecule has 1 fully saturated rings. The van der Waals surface area contributed by atoms with Gasteiger partial charge in [-0.1, -0.05) is 11.6 Å². The van der Waals surface area contributed by atoms with Crippen molar-refractivity contribution in [3.05, 3.63) is 23.2 Å². The number of amides is 1. The summed E-state index contributed by atoms with van der Waals surface area (Å²) in [7, 11) is 5.55. The summed E-state index contributed by atoms with van der Waals surface area (Å²) >= 11 is 6.25. The van der Waals surface area contributed by atoms with Crippen LogP contribution in [0.3, 0.4) is 0 Å². The van der Waals surface area contributed by atoms with Gasteiger partial charge in [-0.15, -0.1) is 0 Å². The number of methoxy groups -OCH3 is 1. The predicted molar refractivity (Wildman–Crippen MR) is 96.0 cm³/mol. The van der Waals surface area contributed by atoms with E-state index in [1.807, 2.05) is 19.0 Å². The number of hydrogen-bond donors (Lipinski definition) is 2. The Morgan fingerprint density at radius 1 is 1.38 bits per heavy atom. The first kappa shape index (κ1) is 19.0. The molecule has 134 valence electrons. The van der Waals surface area contributed by atoms with Crippen molar-refractivity contribution >= 4 is 23.2 Å². The highest BCUT2D eigenvalue weighted by molar-refractivity contribution is 6.32. The van der Waals surface area contributed by atoms with Crippen LogP contribution >= 0.6 is 11.6 Å². The standard InChI is InChI=1S/C17H26ClN3O3/c1-21(2)10-11-24-15-5-4-13(12-14(15)18)20-16(22)17(23-3)6-8-19-9-7-17/h4-5,12,19H,6-11H2,1-3H3,(H,20,22). The Hall–Kier alpha value is -1.34. The zero-order valence-electron chi connectivity index (χ0n) is 14.5. The maximum atomic E-state index is 12.6. The Morgan fingerprint density at radius 2 is 2.08 bits per heavy atom. The second-order valence-corrected chi connectivity index (χ2v) is 6.61. The molecule has 0 unspecified atom stereocenters. The Kier molecular flexibility index (Phi) is 6.86. The van der Waals surface area contributed by atoms with Crippen molar-refractivity contribution in [3.63, 3.8) is 0 Å². The molecule has 6 nitrogen and oxygen atoms in total. The fourth-order valence-electron chi connectivity index (χ4n) is 2.63.